The average Bonchev–Trinajstić information content (AvgIpc) is 2.40. The summed E-state index contributed by atoms with van der Waals surface area (Å²) in [4.78, 5) is 23.0. The highest BCUT2D eigenvalue weighted by atomic mass is 19.1. The van der Waals surface area contributed by atoms with Crippen LogP contribution in [0, 0.1) is 11.6 Å². The monoisotopic (exact) mass is 302 g/mol. The Bertz CT molecular complexity index is 535. The fourth-order valence-corrected chi connectivity index (χ4v) is 1.49. The quantitative estimate of drug-likeness (QED) is 0.688. The summed E-state index contributed by atoms with van der Waals surface area (Å²) in [6.07, 6.45) is 0. The second-order valence-electron chi connectivity index (χ2n) is 4.69. The summed E-state index contributed by atoms with van der Waals surface area (Å²) < 4.78 is 31.0. The topological polar surface area (TPSA) is 87.7 Å². The lowest BCUT2D eigenvalue weighted by Gasteiger charge is -2.22. The Morgan fingerprint density at radius 3 is 2.62 bits per heavy atom. The van der Waals surface area contributed by atoms with Crippen molar-refractivity contribution < 1.29 is 28.2 Å². The number of anilines is 1. The molecule has 1 unspecified atom stereocenters. The van der Waals surface area contributed by atoms with Gasteiger partial charge in [-0.15, -0.1) is 0 Å². The number of carbonyl (C=O) groups excluding carboxylic acids is 2. The maximum atomic E-state index is 13.3. The van der Waals surface area contributed by atoms with Crippen molar-refractivity contribution >= 4 is 17.5 Å². The lowest BCUT2D eigenvalue weighted by molar-refractivity contribution is -0.137. The van der Waals surface area contributed by atoms with Crippen molar-refractivity contribution in [2.75, 3.05) is 25.6 Å². The molecule has 0 bridgehead atoms. The van der Waals surface area contributed by atoms with E-state index in [9.17, 15) is 23.5 Å². The third kappa shape index (κ3) is 5.44. The number of hydrogen-bond donors (Lipinski definition) is 3. The molecule has 0 fully saturated rings. The molecule has 8 heteroatoms. The second-order valence-corrected chi connectivity index (χ2v) is 4.69. The maximum absolute atomic E-state index is 13.3. The van der Waals surface area contributed by atoms with Gasteiger partial charge in [0.15, 0.2) is 0 Å². The van der Waals surface area contributed by atoms with Crippen LogP contribution in [0.1, 0.15) is 6.92 Å². The summed E-state index contributed by atoms with van der Waals surface area (Å²) in [5.41, 5.74) is -1.80. The molecule has 21 heavy (non-hydrogen) atoms. The Labute approximate surface area is 120 Å². The summed E-state index contributed by atoms with van der Waals surface area (Å²) in [6, 6.07) is 2.46. The summed E-state index contributed by atoms with van der Waals surface area (Å²) in [5, 5.41) is 13.8. The molecule has 0 saturated carbocycles. The van der Waals surface area contributed by atoms with Crippen LogP contribution in [0.4, 0.5) is 14.5 Å². The van der Waals surface area contributed by atoms with E-state index in [1.165, 1.54) is 14.0 Å². The number of methoxy groups -OCH3 is 1. The predicted molar refractivity (Wildman–Crippen MR) is 70.5 cm³/mol. The number of rotatable bonds is 5. The zero-order chi connectivity index (χ0) is 16.0. The molecule has 0 heterocycles. The van der Waals surface area contributed by atoms with Gasteiger partial charge < -0.3 is 20.5 Å². The molecule has 116 valence electrons. The highest BCUT2D eigenvalue weighted by molar-refractivity contribution is 6.39. The molecule has 0 aliphatic heterocycles. The Morgan fingerprint density at radius 1 is 1.33 bits per heavy atom. The fraction of sp³-hybridized carbons (Fsp3) is 0.385. The molecule has 0 radical (unpaired) electrons. The van der Waals surface area contributed by atoms with Gasteiger partial charge in [-0.1, -0.05) is 0 Å². The number of hydrogen-bond acceptors (Lipinski definition) is 4. The number of amides is 2. The minimum Gasteiger partial charge on any atom is -0.386 e. The molecule has 1 aromatic rings. The van der Waals surface area contributed by atoms with Gasteiger partial charge in [-0.05, 0) is 19.1 Å². The number of ether oxygens (including phenoxy) is 1. The van der Waals surface area contributed by atoms with Gasteiger partial charge in [-0.25, -0.2) is 8.78 Å². The van der Waals surface area contributed by atoms with E-state index >= 15 is 0 Å². The molecular formula is C13H16F2N2O4. The van der Waals surface area contributed by atoms with E-state index in [4.69, 9.17) is 4.74 Å². The van der Waals surface area contributed by atoms with Crippen LogP contribution in [0.25, 0.3) is 0 Å². The lowest BCUT2D eigenvalue weighted by Crippen LogP contribution is -2.46. The lowest BCUT2D eigenvalue weighted by atomic mass is 10.1. The van der Waals surface area contributed by atoms with Crippen molar-refractivity contribution in [2.24, 2.45) is 0 Å². The van der Waals surface area contributed by atoms with Gasteiger partial charge in [0.2, 0.25) is 0 Å². The van der Waals surface area contributed by atoms with E-state index in [-0.39, 0.29) is 13.2 Å². The van der Waals surface area contributed by atoms with Crippen LogP contribution >= 0.6 is 0 Å². The van der Waals surface area contributed by atoms with Gasteiger partial charge in [-0.2, -0.15) is 0 Å². The third-order valence-corrected chi connectivity index (χ3v) is 2.47. The molecule has 0 saturated heterocycles. The number of carbonyl (C=O) groups is 2. The number of aliphatic hydroxyl groups is 1. The van der Waals surface area contributed by atoms with Crippen molar-refractivity contribution in [2.45, 2.75) is 12.5 Å². The van der Waals surface area contributed by atoms with Gasteiger partial charge in [0.25, 0.3) is 0 Å². The summed E-state index contributed by atoms with van der Waals surface area (Å²) in [5.74, 6) is -3.89. The largest absolute Gasteiger partial charge is 0.386 e. The van der Waals surface area contributed by atoms with Crippen molar-refractivity contribution in [3.8, 4) is 0 Å². The van der Waals surface area contributed by atoms with Gasteiger partial charge in [0.05, 0.1) is 12.3 Å². The minimum absolute atomic E-state index is 0.0482. The van der Waals surface area contributed by atoms with Crippen LogP contribution in [0.5, 0.6) is 0 Å². The first kappa shape index (κ1) is 17.0. The van der Waals surface area contributed by atoms with Crippen LogP contribution in [-0.2, 0) is 14.3 Å². The zero-order valence-electron chi connectivity index (χ0n) is 11.6. The van der Waals surface area contributed by atoms with Gasteiger partial charge in [0.1, 0.15) is 17.2 Å². The Morgan fingerprint density at radius 2 is 2.00 bits per heavy atom. The van der Waals surface area contributed by atoms with Crippen molar-refractivity contribution in [1.29, 1.82) is 0 Å². The molecular weight excluding hydrogens is 286 g/mol. The second kappa shape index (κ2) is 7.09. The van der Waals surface area contributed by atoms with Crippen LogP contribution < -0.4 is 10.6 Å². The molecule has 1 aromatic carbocycles. The third-order valence-electron chi connectivity index (χ3n) is 2.47. The van der Waals surface area contributed by atoms with Gasteiger partial charge in [-0.3, -0.25) is 9.59 Å². The van der Waals surface area contributed by atoms with Crippen molar-refractivity contribution in [3.63, 3.8) is 0 Å². The standard InChI is InChI=1S/C13H16F2N2O4/c1-13(20,7-21-2)6-16-11(18)12(19)17-10-5-8(14)3-4-9(10)15/h3-5,20H,6-7H2,1-2H3,(H,16,18)(H,17,19). The first-order chi connectivity index (χ1) is 9.75. The van der Waals surface area contributed by atoms with E-state index in [1.807, 2.05) is 5.32 Å². The fourth-order valence-electron chi connectivity index (χ4n) is 1.49. The van der Waals surface area contributed by atoms with Gasteiger partial charge in [0, 0.05) is 19.7 Å². The smallest absolute Gasteiger partial charge is 0.313 e. The minimum atomic E-state index is -1.35. The molecule has 2 amide bonds. The zero-order valence-corrected chi connectivity index (χ0v) is 11.6. The van der Waals surface area contributed by atoms with E-state index in [0.717, 1.165) is 18.2 Å². The Kier molecular flexibility index (Phi) is 5.74. The maximum Gasteiger partial charge on any atom is 0.313 e. The Hall–Kier alpha value is -2.06. The summed E-state index contributed by atoms with van der Waals surface area (Å²) in [6.45, 7) is 1.12. The van der Waals surface area contributed by atoms with E-state index in [0.29, 0.717) is 0 Å². The normalized spacial score (nSPS) is 13.4. The molecule has 3 N–H and O–H groups in total. The molecule has 1 atom stereocenters. The summed E-state index contributed by atoms with van der Waals surface area (Å²) in [7, 11) is 1.37. The molecule has 6 nitrogen and oxygen atoms in total. The molecule has 0 aliphatic rings. The average molecular weight is 302 g/mol. The van der Waals surface area contributed by atoms with E-state index < -0.39 is 34.7 Å². The molecule has 0 aromatic heterocycles. The van der Waals surface area contributed by atoms with E-state index in [2.05, 4.69) is 5.32 Å². The van der Waals surface area contributed by atoms with Gasteiger partial charge >= 0.3 is 11.8 Å². The van der Waals surface area contributed by atoms with Crippen LogP contribution in [-0.4, -0.2) is 42.8 Å². The molecule has 1 rings (SSSR count). The SMILES string of the molecule is COCC(C)(O)CNC(=O)C(=O)Nc1cc(F)ccc1F. The number of nitrogens with one attached hydrogen (secondary N) is 2. The van der Waals surface area contributed by atoms with Crippen LogP contribution in [0.2, 0.25) is 0 Å². The Balaban J connectivity index is 2.59. The number of halogens is 2. The first-order valence-corrected chi connectivity index (χ1v) is 6.01. The van der Waals surface area contributed by atoms with Crippen LogP contribution in [0.15, 0.2) is 18.2 Å². The van der Waals surface area contributed by atoms with Crippen molar-refractivity contribution in [3.05, 3.63) is 29.8 Å². The highest BCUT2D eigenvalue weighted by Crippen LogP contribution is 2.14. The number of benzene rings is 1. The first-order valence-electron chi connectivity index (χ1n) is 6.01. The highest BCUT2D eigenvalue weighted by Gasteiger charge is 2.23. The molecule has 0 aliphatic carbocycles. The van der Waals surface area contributed by atoms with Crippen LogP contribution in [0.3, 0.4) is 0 Å². The predicted octanol–water partition coefficient (Wildman–Crippen LogP) is 0.417. The van der Waals surface area contributed by atoms with Crippen molar-refractivity contribution in [1.82, 2.24) is 5.32 Å². The van der Waals surface area contributed by atoms with E-state index in [1.54, 1.807) is 0 Å². The molecule has 0 spiro atoms. The summed E-state index contributed by atoms with van der Waals surface area (Å²) >= 11 is 0.